The molecular formula is C20H22FN3O3. The van der Waals surface area contributed by atoms with Crippen LogP contribution in [0.4, 0.5) is 15.9 Å². The zero-order valence-corrected chi connectivity index (χ0v) is 15.2. The van der Waals surface area contributed by atoms with E-state index in [1.807, 2.05) is 6.92 Å². The number of aromatic nitrogens is 1. The molecule has 1 N–H and O–H groups in total. The molecule has 2 aromatic rings. The highest BCUT2D eigenvalue weighted by Gasteiger charge is 2.24. The van der Waals surface area contributed by atoms with Gasteiger partial charge in [0.2, 0.25) is 0 Å². The van der Waals surface area contributed by atoms with Crippen LogP contribution in [0, 0.1) is 5.82 Å². The van der Waals surface area contributed by atoms with E-state index in [4.69, 9.17) is 4.74 Å². The Morgan fingerprint density at radius 3 is 2.93 bits per heavy atom. The van der Waals surface area contributed by atoms with Gasteiger partial charge in [0, 0.05) is 24.5 Å². The average molecular weight is 371 g/mol. The molecule has 0 radical (unpaired) electrons. The molecule has 1 amide bonds. The molecule has 142 valence electrons. The van der Waals surface area contributed by atoms with Crippen molar-refractivity contribution < 1.29 is 18.7 Å². The number of ether oxygens (including phenoxy) is 1. The number of esters is 1. The van der Waals surface area contributed by atoms with Crippen LogP contribution in [-0.2, 0) is 9.53 Å². The Bertz CT molecular complexity index is 828. The van der Waals surface area contributed by atoms with Gasteiger partial charge >= 0.3 is 5.97 Å². The number of carbonyl (C=O) groups excluding carboxylic acids is 2. The van der Waals surface area contributed by atoms with Gasteiger partial charge in [0.05, 0.1) is 0 Å². The van der Waals surface area contributed by atoms with Gasteiger partial charge in [-0.1, -0.05) is 6.07 Å². The Morgan fingerprint density at radius 1 is 1.30 bits per heavy atom. The molecular weight excluding hydrogens is 349 g/mol. The molecule has 1 aromatic carbocycles. The van der Waals surface area contributed by atoms with Crippen LogP contribution in [-0.4, -0.2) is 41.0 Å². The first kappa shape index (κ1) is 18.8. The van der Waals surface area contributed by atoms with Gasteiger partial charge in [0.15, 0.2) is 6.61 Å². The highest BCUT2D eigenvalue weighted by atomic mass is 19.1. The number of benzene rings is 1. The van der Waals surface area contributed by atoms with Gasteiger partial charge in [-0.3, -0.25) is 4.79 Å². The molecule has 0 aliphatic carbocycles. The lowest BCUT2D eigenvalue weighted by molar-refractivity contribution is -0.137. The van der Waals surface area contributed by atoms with E-state index in [0.29, 0.717) is 12.2 Å². The summed E-state index contributed by atoms with van der Waals surface area (Å²) in [6.45, 7) is 2.38. The third-order valence-electron chi connectivity index (χ3n) is 4.57. The molecule has 6 nitrogen and oxygen atoms in total. The van der Waals surface area contributed by atoms with E-state index < -0.39 is 11.8 Å². The average Bonchev–Trinajstić information content (AvgIpc) is 2.67. The van der Waals surface area contributed by atoms with Crippen molar-refractivity contribution in [2.24, 2.45) is 0 Å². The Labute approximate surface area is 157 Å². The van der Waals surface area contributed by atoms with Gasteiger partial charge in [0.25, 0.3) is 5.91 Å². The Hall–Kier alpha value is -2.96. The maximum atomic E-state index is 13.4. The lowest BCUT2D eigenvalue weighted by Crippen LogP contribution is -2.44. The monoisotopic (exact) mass is 371 g/mol. The molecule has 1 aromatic heterocycles. The number of nitrogens with one attached hydrogen (secondary N) is 1. The molecule has 27 heavy (non-hydrogen) atoms. The molecule has 1 fully saturated rings. The number of piperidine rings is 1. The Balaban J connectivity index is 1.65. The van der Waals surface area contributed by atoms with Crippen LogP contribution in [0.3, 0.4) is 0 Å². The summed E-state index contributed by atoms with van der Waals surface area (Å²) in [5, 5.41) is 2.91. The number of hydrogen-bond acceptors (Lipinski definition) is 5. The topological polar surface area (TPSA) is 71.5 Å². The normalized spacial score (nSPS) is 16.7. The second kappa shape index (κ2) is 8.62. The van der Waals surface area contributed by atoms with E-state index in [1.54, 1.807) is 29.2 Å². The Morgan fingerprint density at radius 2 is 2.15 bits per heavy atom. The predicted octanol–water partition coefficient (Wildman–Crippen LogP) is 3.52. The summed E-state index contributed by atoms with van der Waals surface area (Å²) in [6.07, 6.45) is 4.55. The molecule has 2 heterocycles. The first-order valence-corrected chi connectivity index (χ1v) is 8.99. The summed E-state index contributed by atoms with van der Waals surface area (Å²) in [5.74, 6) is -1.01. The number of hydrogen-bond donors (Lipinski definition) is 1. The summed E-state index contributed by atoms with van der Waals surface area (Å²) < 4.78 is 18.6. The van der Waals surface area contributed by atoms with Crippen LogP contribution < -0.4 is 5.32 Å². The van der Waals surface area contributed by atoms with Crippen LogP contribution in [0.15, 0.2) is 42.6 Å². The molecule has 0 bridgehead atoms. The smallest absolute Gasteiger partial charge is 0.342 e. The summed E-state index contributed by atoms with van der Waals surface area (Å²) in [7, 11) is 0. The van der Waals surface area contributed by atoms with Crippen molar-refractivity contribution in [3.63, 3.8) is 0 Å². The largest absolute Gasteiger partial charge is 0.452 e. The lowest BCUT2D eigenvalue weighted by Gasteiger charge is -2.33. The second-order valence-corrected chi connectivity index (χ2v) is 6.54. The van der Waals surface area contributed by atoms with Crippen LogP contribution in [0.2, 0.25) is 0 Å². The van der Waals surface area contributed by atoms with E-state index in [2.05, 4.69) is 10.3 Å². The van der Waals surface area contributed by atoms with Crippen molar-refractivity contribution in [2.75, 3.05) is 18.5 Å². The van der Waals surface area contributed by atoms with Crippen molar-refractivity contribution in [2.45, 2.75) is 32.2 Å². The minimum Gasteiger partial charge on any atom is -0.452 e. The lowest BCUT2D eigenvalue weighted by atomic mass is 10.0. The van der Waals surface area contributed by atoms with E-state index in [-0.39, 0.29) is 29.9 Å². The number of anilines is 2. The minimum atomic E-state index is -0.653. The zero-order valence-electron chi connectivity index (χ0n) is 15.2. The molecule has 3 rings (SSSR count). The number of halogens is 1. The van der Waals surface area contributed by atoms with Gasteiger partial charge in [-0.2, -0.15) is 0 Å². The predicted molar refractivity (Wildman–Crippen MR) is 99.2 cm³/mol. The maximum absolute atomic E-state index is 13.4. The molecule has 0 spiro atoms. The van der Waals surface area contributed by atoms with Crippen LogP contribution >= 0.6 is 0 Å². The molecule has 1 aliphatic heterocycles. The van der Waals surface area contributed by atoms with Gasteiger partial charge in [-0.15, -0.1) is 0 Å². The highest BCUT2D eigenvalue weighted by Crippen LogP contribution is 2.20. The summed E-state index contributed by atoms with van der Waals surface area (Å²) >= 11 is 0. The molecule has 1 atom stereocenters. The van der Waals surface area contributed by atoms with Crippen molar-refractivity contribution in [1.82, 2.24) is 9.88 Å². The number of amides is 1. The van der Waals surface area contributed by atoms with Crippen LogP contribution in [0.5, 0.6) is 0 Å². The van der Waals surface area contributed by atoms with Gasteiger partial charge in [-0.25, -0.2) is 14.2 Å². The minimum absolute atomic E-state index is 0.161. The number of likely N-dealkylation sites (tertiary alicyclic amines) is 1. The molecule has 0 saturated carbocycles. The Kier molecular flexibility index (Phi) is 6.01. The number of nitrogens with zero attached hydrogens (tertiary/aromatic N) is 2. The van der Waals surface area contributed by atoms with Crippen molar-refractivity contribution in [1.29, 1.82) is 0 Å². The van der Waals surface area contributed by atoms with Crippen molar-refractivity contribution in [3.05, 3.63) is 54.0 Å². The fourth-order valence-electron chi connectivity index (χ4n) is 3.13. The third kappa shape index (κ3) is 4.81. The first-order chi connectivity index (χ1) is 13.0. The van der Waals surface area contributed by atoms with Crippen molar-refractivity contribution >= 4 is 23.4 Å². The third-order valence-corrected chi connectivity index (χ3v) is 4.57. The zero-order chi connectivity index (χ0) is 19.2. The fourth-order valence-corrected chi connectivity index (χ4v) is 3.13. The summed E-state index contributed by atoms with van der Waals surface area (Å²) in [4.78, 5) is 30.7. The standard InChI is InChI=1S/C20H22FN3O3/c1-14-6-2-3-11-24(14)18(25)13-27-20(26)17-9-5-10-22-19(17)23-16-8-4-7-15(21)12-16/h4-5,7-10,12,14H,2-3,6,11,13H2,1H3,(H,22,23)/t14-/m1/s1. The molecule has 1 saturated heterocycles. The van der Waals surface area contributed by atoms with E-state index in [9.17, 15) is 14.0 Å². The SMILES string of the molecule is C[C@@H]1CCCCN1C(=O)COC(=O)c1cccnc1Nc1cccc(F)c1. The van der Waals surface area contributed by atoms with Gasteiger partial charge in [0.1, 0.15) is 17.2 Å². The number of rotatable bonds is 5. The summed E-state index contributed by atoms with van der Waals surface area (Å²) in [5.41, 5.74) is 0.641. The van der Waals surface area contributed by atoms with E-state index >= 15 is 0 Å². The maximum Gasteiger partial charge on any atom is 0.342 e. The molecule has 7 heteroatoms. The van der Waals surface area contributed by atoms with Crippen LogP contribution in [0.25, 0.3) is 0 Å². The number of carbonyl (C=O) groups is 2. The number of pyridine rings is 1. The van der Waals surface area contributed by atoms with Crippen LogP contribution in [0.1, 0.15) is 36.5 Å². The molecule has 1 aliphatic rings. The summed E-state index contributed by atoms with van der Waals surface area (Å²) in [6, 6.07) is 9.14. The first-order valence-electron chi connectivity index (χ1n) is 8.99. The van der Waals surface area contributed by atoms with E-state index in [1.165, 1.54) is 18.3 Å². The highest BCUT2D eigenvalue weighted by molar-refractivity contribution is 5.96. The van der Waals surface area contributed by atoms with Gasteiger partial charge < -0.3 is 15.0 Å². The quantitative estimate of drug-likeness (QED) is 0.814. The van der Waals surface area contributed by atoms with E-state index in [0.717, 1.165) is 19.3 Å². The van der Waals surface area contributed by atoms with Gasteiger partial charge in [-0.05, 0) is 56.5 Å². The second-order valence-electron chi connectivity index (χ2n) is 6.54. The fraction of sp³-hybridized carbons (Fsp3) is 0.350. The van der Waals surface area contributed by atoms with Crippen molar-refractivity contribution in [3.8, 4) is 0 Å². The molecule has 0 unspecified atom stereocenters.